The minimum Gasteiger partial charge on any atom is -0.494 e. The van der Waals surface area contributed by atoms with Gasteiger partial charge in [0.05, 0.1) is 6.61 Å². The second-order valence-corrected chi connectivity index (χ2v) is 5.56. The highest BCUT2D eigenvalue weighted by molar-refractivity contribution is 7.12. The van der Waals surface area contributed by atoms with E-state index in [0.29, 0.717) is 6.04 Å². The third-order valence-corrected chi connectivity index (χ3v) is 3.99. The predicted octanol–water partition coefficient (Wildman–Crippen LogP) is 3.79. The molecule has 96 valence electrons. The molecule has 0 aliphatic rings. The summed E-state index contributed by atoms with van der Waals surface area (Å²) in [5.41, 5.74) is 0. The Morgan fingerprint density at radius 3 is 2.56 bits per heavy atom. The molecule has 0 bridgehead atoms. The number of para-hydroxylation sites is 1. The van der Waals surface area contributed by atoms with Gasteiger partial charge in [-0.05, 0) is 38.2 Å². The van der Waals surface area contributed by atoms with E-state index in [1.165, 1.54) is 9.75 Å². The molecule has 2 nitrogen and oxygen atoms in total. The van der Waals surface area contributed by atoms with Gasteiger partial charge in [0, 0.05) is 22.2 Å². The first-order valence-electron chi connectivity index (χ1n) is 6.21. The molecule has 0 saturated heterocycles. The smallest absolute Gasteiger partial charge is 0.119 e. The summed E-state index contributed by atoms with van der Waals surface area (Å²) in [6.07, 6.45) is 0.978. The molecular formula is C15H19NOS. The summed E-state index contributed by atoms with van der Waals surface area (Å²) in [7, 11) is 2.00. The van der Waals surface area contributed by atoms with Gasteiger partial charge in [-0.25, -0.2) is 0 Å². The lowest BCUT2D eigenvalue weighted by Gasteiger charge is -2.15. The van der Waals surface area contributed by atoms with Crippen LogP contribution in [0.25, 0.3) is 0 Å². The lowest BCUT2D eigenvalue weighted by molar-refractivity contribution is 0.291. The van der Waals surface area contributed by atoms with Crippen molar-refractivity contribution >= 4 is 11.3 Å². The highest BCUT2D eigenvalue weighted by Gasteiger charge is 2.11. The molecule has 0 fully saturated rings. The minimum absolute atomic E-state index is 0.382. The first-order chi connectivity index (χ1) is 8.79. The average molecular weight is 261 g/mol. The third kappa shape index (κ3) is 3.59. The number of nitrogens with one attached hydrogen (secondary N) is 1. The summed E-state index contributed by atoms with van der Waals surface area (Å²) in [4.78, 5) is 2.74. The van der Waals surface area contributed by atoms with Gasteiger partial charge in [0.25, 0.3) is 0 Å². The maximum absolute atomic E-state index is 5.73. The molecule has 0 amide bonds. The molecule has 0 saturated carbocycles. The van der Waals surface area contributed by atoms with Crippen molar-refractivity contribution in [2.24, 2.45) is 0 Å². The van der Waals surface area contributed by atoms with Crippen molar-refractivity contribution in [3.63, 3.8) is 0 Å². The highest BCUT2D eigenvalue weighted by Crippen LogP contribution is 2.25. The van der Waals surface area contributed by atoms with E-state index in [4.69, 9.17) is 4.74 Å². The molecule has 3 heteroatoms. The maximum atomic E-state index is 5.73. The Morgan fingerprint density at radius 2 is 1.94 bits per heavy atom. The molecule has 1 atom stereocenters. The lowest BCUT2D eigenvalue weighted by atomic mass is 10.2. The van der Waals surface area contributed by atoms with Crippen molar-refractivity contribution in [3.05, 3.63) is 52.2 Å². The van der Waals surface area contributed by atoms with Gasteiger partial charge in [-0.3, -0.25) is 0 Å². The van der Waals surface area contributed by atoms with E-state index in [1.807, 2.05) is 48.7 Å². The van der Waals surface area contributed by atoms with Gasteiger partial charge in [-0.15, -0.1) is 11.3 Å². The Kier molecular flexibility index (Phi) is 4.79. The highest BCUT2D eigenvalue weighted by atomic mass is 32.1. The Morgan fingerprint density at radius 1 is 1.17 bits per heavy atom. The summed E-state index contributed by atoms with van der Waals surface area (Å²) < 4.78 is 5.73. The number of hydrogen-bond donors (Lipinski definition) is 1. The van der Waals surface area contributed by atoms with Crippen LogP contribution in [0.15, 0.2) is 42.5 Å². The second-order valence-electron chi connectivity index (χ2n) is 4.24. The van der Waals surface area contributed by atoms with Crippen LogP contribution in [-0.2, 0) is 0 Å². The maximum Gasteiger partial charge on any atom is 0.119 e. The number of ether oxygens (including phenoxy) is 1. The molecule has 0 aliphatic heterocycles. The fourth-order valence-electron chi connectivity index (χ4n) is 1.88. The Balaban J connectivity index is 1.85. The van der Waals surface area contributed by atoms with Gasteiger partial charge in [-0.1, -0.05) is 18.2 Å². The summed E-state index contributed by atoms with van der Waals surface area (Å²) in [6, 6.07) is 14.7. The molecule has 2 rings (SSSR count). The fraction of sp³-hybridized carbons (Fsp3) is 0.333. The number of thiophene rings is 1. The van der Waals surface area contributed by atoms with Crippen molar-refractivity contribution in [2.75, 3.05) is 13.7 Å². The Hall–Kier alpha value is -1.32. The van der Waals surface area contributed by atoms with Crippen molar-refractivity contribution in [1.82, 2.24) is 5.32 Å². The van der Waals surface area contributed by atoms with Crippen LogP contribution < -0.4 is 10.1 Å². The number of rotatable bonds is 6. The van der Waals surface area contributed by atoms with Crippen molar-refractivity contribution in [2.45, 2.75) is 19.4 Å². The van der Waals surface area contributed by atoms with Crippen LogP contribution in [0.1, 0.15) is 22.2 Å². The zero-order chi connectivity index (χ0) is 12.8. The van der Waals surface area contributed by atoms with Crippen molar-refractivity contribution in [1.29, 1.82) is 0 Å². The molecule has 0 radical (unpaired) electrons. The van der Waals surface area contributed by atoms with Gasteiger partial charge in [0.1, 0.15) is 5.75 Å². The van der Waals surface area contributed by atoms with E-state index in [1.54, 1.807) is 0 Å². The second kappa shape index (κ2) is 6.57. The van der Waals surface area contributed by atoms with Gasteiger partial charge in [0.15, 0.2) is 0 Å². The van der Waals surface area contributed by atoms with Crippen LogP contribution >= 0.6 is 11.3 Å². The molecule has 0 spiro atoms. The number of benzene rings is 1. The average Bonchev–Trinajstić information content (AvgIpc) is 2.82. The van der Waals surface area contributed by atoms with Crippen LogP contribution in [0.3, 0.4) is 0 Å². The van der Waals surface area contributed by atoms with Crippen molar-refractivity contribution < 1.29 is 4.74 Å². The Bertz CT molecular complexity index is 466. The first kappa shape index (κ1) is 13.1. The van der Waals surface area contributed by atoms with Crippen LogP contribution in [-0.4, -0.2) is 13.7 Å². The summed E-state index contributed by atoms with van der Waals surface area (Å²) >= 11 is 1.85. The van der Waals surface area contributed by atoms with Gasteiger partial charge < -0.3 is 10.1 Å². The molecule has 2 aromatic rings. The van der Waals surface area contributed by atoms with Crippen LogP contribution in [0, 0.1) is 6.92 Å². The largest absolute Gasteiger partial charge is 0.494 e. The van der Waals surface area contributed by atoms with Crippen molar-refractivity contribution in [3.8, 4) is 5.75 Å². The monoisotopic (exact) mass is 261 g/mol. The zero-order valence-electron chi connectivity index (χ0n) is 10.8. The van der Waals surface area contributed by atoms with E-state index in [-0.39, 0.29) is 0 Å². The molecule has 1 aromatic heterocycles. The van der Waals surface area contributed by atoms with Crippen LogP contribution in [0.4, 0.5) is 0 Å². The Labute approximate surface area is 113 Å². The van der Waals surface area contributed by atoms with Gasteiger partial charge in [0.2, 0.25) is 0 Å². The zero-order valence-corrected chi connectivity index (χ0v) is 11.7. The SMILES string of the molecule is CNC(CCOc1ccccc1)c1ccc(C)s1. The lowest BCUT2D eigenvalue weighted by Crippen LogP contribution is -2.18. The van der Waals surface area contributed by atoms with Crippen LogP contribution in [0.2, 0.25) is 0 Å². The molecule has 0 aliphatic carbocycles. The molecule has 1 aromatic carbocycles. The predicted molar refractivity (Wildman–Crippen MR) is 77.4 cm³/mol. The summed E-state index contributed by atoms with van der Waals surface area (Å²) in [5, 5.41) is 3.35. The molecule has 1 N–H and O–H groups in total. The first-order valence-corrected chi connectivity index (χ1v) is 7.02. The quantitative estimate of drug-likeness (QED) is 0.854. The van der Waals surface area contributed by atoms with Crippen LogP contribution in [0.5, 0.6) is 5.75 Å². The summed E-state index contributed by atoms with van der Waals surface area (Å²) in [6.45, 7) is 2.87. The van der Waals surface area contributed by atoms with E-state index in [0.717, 1.165) is 18.8 Å². The van der Waals surface area contributed by atoms with Gasteiger partial charge >= 0.3 is 0 Å². The minimum atomic E-state index is 0.382. The normalized spacial score (nSPS) is 12.3. The number of aryl methyl sites for hydroxylation is 1. The molecule has 1 heterocycles. The number of hydrogen-bond acceptors (Lipinski definition) is 3. The van der Waals surface area contributed by atoms with E-state index < -0.39 is 0 Å². The molecule has 18 heavy (non-hydrogen) atoms. The van der Waals surface area contributed by atoms with Gasteiger partial charge in [-0.2, -0.15) is 0 Å². The molecular weight excluding hydrogens is 242 g/mol. The van der Waals surface area contributed by atoms with E-state index in [2.05, 4.69) is 24.4 Å². The fourth-order valence-corrected chi connectivity index (χ4v) is 2.90. The topological polar surface area (TPSA) is 21.3 Å². The molecule has 1 unspecified atom stereocenters. The third-order valence-electron chi connectivity index (χ3n) is 2.87. The van der Waals surface area contributed by atoms with E-state index >= 15 is 0 Å². The standard InChI is InChI=1S/C15H19NOS/c1-12-8-9-15(18-12)14(16-2)10-11-17-13-6-4-3-5-7-13/h3-9,14,16H,10-11H2,1-2H3. The van der Waals surface area contributed by atoms with E-state index in [9.17, 15) is 0 Å². The summed E-state index contributed by atoms with van der Waals surface area (Å²) in [5.74, 6) is 0.940.